The Labute approximate surface area is 156 Å². The van der Waals surface area contributed by atoms with Crippen LogP contribution in [0.25, 0.3) is 10.4 Å². The molecule has 3 nitrogen and oxygen atoms in total. The van der Waals surface area contributed by atoms with Crippen LogP contribution < -0.4 is 4.72 Å². The SMILES string of the molecule is CC1(C)CCc2sc(-c3cccc(CNS)c3Cl)c(C(=O)O)c2C1. The van der Waals surface area contributed by atoms with Crippen LogP contribution in [0.3, 0.4) is 0 Å². The highest BCUT2D eigenvalue weighted by Crippen LogP contribution is 2.46. The largest absolute Gasteiger partial charge is 0.478 e. The van der Waals surface area contributed by atoms with Crippen molar-refractivity contribution in [2.45, 2.75) is 39.7 Å². The van der Waals surface area contributed by atoms with Gasteiger partial charge in [-0.25, -0.2) is 4.79 Å². The second-order valence-electron chi connectivity index (χ2n) is 6.97. The van der Waals surface area contributed by atoms with Gasteiger partial charge in [0.05, 0.1) is 15.5 Å². The van der Waals surface area contributed by atoms with E-state index in [2.05, 4.69) is 31.4 Å². The van der Waals surface area contributed by atoms with E-state index in [1.54, 1.807) is 11.3 Å². The first kappa shape index (κ1) is 17.8. The Hall–Kier alpha value is -1.01. The van der Waals surface area contributed by atoms with Crippen molar-refractivity contribution in [3.63, 3.8) is 0 Å². The zero-order valence-electron chi connectivity index (χ0n) is 13.6. The number of thiophene rings is 1. The number of carbonyl (C=O) groups is 1. The van der Waals surface area contributed by atoms with Crippen LogP contribution in [-0.4, -0.2) is 11.1 Å². The molecule has 0 bridgehead atoms. The second kappa shape index (κ2) is 6.71. The topological polar surface area (TPSA) is 49.3 Å². The lowest BCUT2D eigenvalue weighted by Gasteiger charge is -2.29. The normalized spacial score (nSPS) is 16.0. The summed E-state index contributed by atoms with van der Waals surface area (Å²) in [6.07, 6.45) is 2.81. The summed E-state index contributed by atoms with van der Waals surface area (Å²) in [5, 5.41) is 10.4. The Morgan fingerprint density at radius 1 is 1.46 bits per heavy atom. The van der Waals surface area contributed by atoms with E-state index < -0.39 is 5.97 Å². The Kier molecular flexibility index (Phi) is 4.98. The summed E-state index contributed by atoms with van der Waals surface area (Å²) in [6.45, 7) is 4.92. The molecule has 1 aliphatic rings. The highest BCUT2D eigenvalue weighted by atomic mass is 35.5. The van der Waals surface area contributed by atoms with Crippen LogP contribution in [0.5, 0.6) is 0 Å². The number of rotatable bonds is 4. The maximum Gasteiger partial charge on any atom is 0.337 e. The lowest BCUT2D eigenvalue weighted by molar-refractivity contribution is 0.0696. The van der Waals surface area contributed by atoms with Crippen molar-refractivity contribution < 1.29 is 9.90 Å². The van der Waals surface area contributed by atoms with Gasteiger partial charge in [-0.15, -0.1) is 11.3 Å². The first-order valence-electron chi connectivity index (χ1n) is 7.86. The Balaban J connectivity index is 2.18. The predicted molar refractivity (Wildman–Crippen MR) is 103 cm³/mol. The van der Waals surface area contributed by atoms with E-state index in [1.165, 1.54) is 4.88 Å². The zero-order chi connectivity index (χ0) is 17.5. The van der Waals surface area contributed by atoms with Crippen LogP contribution >= 0.6 is 35.8 Å². The number of aryl methyl sites for hydroxylation is 1. The van der Waals surface area contributed by atoms with Crippen LogP contribution in [0.4, 0.5) is 0 Å². The molecule has 2 aromatic rings. The minimum atomic E-state index is -0.867. The average Bonchev–Trinajstić information content (AvgIpc) is 2.86. The van der Waals surface area contributed by atoms with Crippen molar-refractivity contribution >= 4 is 41.7 Å². The number of aromatic carboxylic acids is 1. The Morgan fingerprint density at radius 2 is 2.21 bits per heavy atom. The summed E-state index contributed by atoms with van der Waals surface area (Å²) in [7, 11) is 0. The molecular formula is C18H20ClNO2S2. The third-order valence-corrected chi connectivity index (χ3v) is 6.51. The molecule has 0 atom stereocenters. The fourth-order valence-electron chi connectivity index (χ4n) is 3.31. The molecule has 6 heteroatoms. The standard InChI is InChI=1S/C18H20ClNO2S2/c1-18(2)7-6-13-12(8-18)14(17(21)22)16(24-13)11-5-3-4-10(9-20-23)15(11)19/h3-5,20,23H,6-9H2,1-2H3,(H,21,22). The van der Waals surface area contributed by atoms with E-state index in [0.717, 1.165) is 40.8 Å². The minimum absolute atomic E-state index is 0.136. The van der Waals surface area contributed by atoms with Crippen molar-refractivity contribution in [2.24, 2.45) is 5.41 Å². The molecule has 128 valence electrons. The molecule has 2 N–H and O–H groups in total. The van der Waals surface area contributed by atoms with Crippen LogP contribution in [0.1, 0.15) is 46.6 Å². The molecular weight excluding hydrogens is 362 g/mol. The molecule has 0 spiro atoms. The predicted octanol–water partition coefficient (Wildman–Crippen LogP) is 5.22. The number of benzene rings is 1. The smallest absolute Gasteiger partial charge is 0.337 e. The Bertz CT molecular complexity index is 799. The third kappa shape index (κ3) is 3.23. The van der Waals surface area contributed by atoms with Gasteiger partial charge in [0, 0.05) is 17.0 Å². The summed E-state index contributed by atoms with van der Waals surface area (Å²) in [5.74, 6) is -0.867. The number of halogens is 1. The van der Waals surface area contributed by atoms with Gasteiger partial charge in [-0.05, 0) is 35.8 Å². The molecule has 0 unspecified atom stereocenters. The van der Waals surface area contributed by atoms with E-state index in [0.29, 0.717) is 17.1 Å². The summed E-state index contributed by atoms with van der Waals surface area (Å²) in [5.41, 5.74) is 3.27. The van der Waals surface area contributed by atoms with E-state index in [1.807, 2.05) is 18.2 Å². The van der Waals surface area contributed by atoms with Crippen molar-refractivity contribution in [1.29, 1.82) is 0 Å². The molecule has 24 heavy (non-hydrogen) atoms. The number of carboxylic acids is 1. The highest BCUT2D eigenvalue weighted by Gasteiger charge is 2.33. The third-order valence-electron chi connectivity index (χ3n) is 4.58. The molecule has 1 aliphatic carbocycles. The van der Waals surface area contributed by atoms with Gasteiger partial charge >= 0.3 is 5.97 Å². The maximum atomic E-state index is 12.0. The van der Waals surface area contributed by atoms with E-state index in [-0.39, 0.29) is 5.41 Å². The van der Waals surface area contributed by atoms with E-state index in [9.17, 15) is 9.90 Å². The molecule has 0 saturated heterocycles. The highest BCUT2D eigenvalue weighted by molar-refractivity contribution is 7.78. The van der Waals surface area contributed by atoms with Gasteiger partial charge in [0.15, 0.2) is 0 Å². The van der Waals surface area contributed by atoms with E-state index >= 15 is 0 Å². The Morgan fingerprint density at radius 3 is 2.88 bits per heavy atom. The minimum Gasteiger partial charge on any atom is -0.478 e. The van der Waals surface area contributed by atoms with Gasteiger partial charge in [0.2, 0.25) is 0 Å². The van der Waals surface area contributed by atoms with Crippen molar-refractivity contribution in [3.8, 4) is 10.4 Å². The summed E-state index contributed by atoms with van der Waals surface area (Å²) in [6, 6.07) is 5.74. The lowest BCUT2D eigenvalue weighted by Crippen LogP contribution is -2.22. The molecule has 0 saturated carbocycles. The number of thiol groups is 1. The van der Waals surface area contributed by atoms with Gasteiger partial charge < -0.3 is 5.11 Å². The van der Waals surface area contributed by atoms with Gasteiger partial charge in [0.25, 0.3) is 0 Å². The molecule has 1 aromatic carbocycles. The summed E-state index contributed by atoms with van der Waals surface area (Å²) in [4.78, 5) is 14.0. The molecule has 0 amide bonds. The number of nitrogens with one attached hydrogen (secondary N) is 1. The van der Waals surface area contributed by atoms with Gasteiger partial charge in [-0.1, -0.05) is 56.5 Å². The quantitative estimate of drug-likeness (QED) is 0.636. The van der Waals surface area contributed by atoms with Crippen molar-refractivity contribution in [3.05, 3.63) is 44.8 Å². The first-order chi connectivity index (χ1) is 11.3. The molecule has 0 fully saturated rings. The molecule has 0 radical (unpaired) electrons. The number of hydrogen-bond donors (Lipinski definition) is 3. The monoisotopic (exact) mass is 381 g/mol. The fourth-order valence-corrected chi connectivity index (χ4v) is 5.17. The number of carboxylic acid groups (broad SMARTS) is 1. The van der Waals surface area contributed by atoms with Crippen molar-refractivity contribution in [1.82, 2.24) is 4.72 Å². The van der Waals surface area contributed by atoms with Crippen molar-refractivity contribution in [2.75, 3.05) is 0 Å². The van der Waals surface area contributed by atoms with Crippen LogP contribution in [0, 0.1) is 5.41 Å². The number of fused-ring (bicyclic) bond motifs is 1. The zero-order valence-corrected chi connectivity index (χ0v) is 16.1. The summed E-state index contributed by atoms with van der Waals surface area (Å²) < 4.78 is 2.80. The fraction of sp³-hybridized carbons (Fsp3) is 0.389. The van der Waals surface area contributed by atoms with Gasteiger partial charge in [-0.2, -0.15) is 0 Å². The van der Waals surface area contributed by atoms with Crippen LogP contribution in [-0.2, 0) is 19.4 Å². The van der Waals surface area contributed by atoms with Crippen LogP contribution in [0.2, 0.25) is 5.02 Å². The average molecular weight is 382 g/mol. The lowest BCUT2D eigenvalue weighted by atomic mass is 9.76. The molecule has 0 aliphatic heterocycles. The number of hydrogen-bond acceptors (Lipinski definition) is 4. The maximum absolute atomic E-state index is 12.0. The van der Waals surface area contributed by atoms with E-state index in [4.69, 9.17) is 11.6 Å². The van der Waals surface area contributed by atoms with Gasteiger partial charge in [0.1, 0.15) is 0 Å². The second-order valence-corrected chi connectivity index (χ2v) is 8.77. The molecule has 1 heterocycles. The molecule has 3 rings (SSSR count). The first-order valence-corrected chi connectivity index (χ1v) is 9.51. The molecule has 1 aromatic heterocycles. The van der Waals surface area contributed by atoms with Gasteiger partial charge in [-0.3, -0.25) is 4.72 Å². The summed E-state index contributed by atoms with van der Waals surface area (Å²) >= 11 is 12.2. The van der Waals surface area contributed by atoms with Crippen LogP contribution in [0.15, 0.2) is 18.2 Å².